The highest BCUT2D eigenvalue weighted by Gasteiger charge is 2.06. The number of ketones is 1. The molecule has 222 valence electrons. The number of Topliss-reactive ketones (excluding diaryl/α,β-unsaturated/α-hetero) is 1. The first kappa shape index (κ1) is 42.5. The summed E-state index contributed by atoms with van der Waals surface area (Å²) in [5.41, 5.74) is 0. The molecule has 0 aliphatic heterocycles. The van der Waals surface area contributed by atoms with Crippen LogP contribution >= 0.6 is 0 Å². The van der Waals surface area contributed by atoms with Gasteiger partial charge in [0.25, 0.3) is 0 Å². The molecule has 0 heterocycles. The van der Waals surface area contributed by atoms with E-state index in [2.05, 4.69) is 95.8 Å². The minimum Gasteiger partial charge on any atom is -0.364 e. The van der Waals surface area contributed by atoms with Gasteiger partial charge in [-0.05, 0) is 67.9 Å². The largest absolute Gasteiger partial charge is 0.364 e. The Morgan fingerprint density at radius 3 is 1.19 bits per heavy atom. The molecule has 7 heteroatoms. The molecule has 0 fully saturated rings. The highest BCUT2D eigenvalue weighted by Crippen LogP contribution is 1.92. The van der Waals surface area contributed by atoms with Gasteiger partial charge in [-0.2, -0.15) is 0 Å². The van der Waals surface area contributed by atoms with E-state index in [0.29, 0.717) is 49.6 Å². The monoisotopic (exact) mass is 520 g/mol. The van der Waals surface area contributed by atoms with Gasteiger partial charge in [0.2, 0.25) is 0 Å². The van der Waals surface area contributed by atoms with Gasteiger partial charge in [0.1, 0.15) is 5.78 Å². The molecule has 0 aromatic carbocycles. The number of carbonyl (C=O) groups is 1. The van der Waals surface area contributed by atoms with Crippen LogP contribution in [0.4, 0.5) is 0 Å². The van der Waals surface area contributed by atoms with Crippen LogP contribution in [0.2, 0.25) is 0 Å². The van der Waals surface area contributed by atoms with Crippen LogP contribution in [0.15, 0.2) is 0 Å². The highest BCUT2D eigenvalue weighted by molar-refractivity contribution is 5.82. The fraction of sp³-hybridized carbons (Fsp3) is 0.966. The first-order valence-electron chi connectivity index (χ1n) is 14.2. The summed E-state index contributed by atoms with van der Waals surface area (Å²) in [4.78, 5) is 11.0. The minimum absolute atomic E-state index is 0.159. The Hall–Kier alpha value is -0.570. The average Bonchev–Trinajstić information content (AvgIpc) is 2.70. The lowest BCUT2D eigenvalue weighted by atomic mass is 10.1. The van der Waals surface area contributed by atoms with Crippen LogP contribution in [-0.4, -0.2) is 68.6 Å². The smallest absolute Gasteiger partial charge is 0.149 e. The topological polar surface area (TPSA) is 86.5 Å². The van der Waals surface area contributed by atoms with Gasteiger partial charge in [0, 0.05) is 42.8 Å². The molecule has 0 saturated carbocycles. The van der Waals surface area contributed by atoms with Crippen LogP contribution in [-0.2, 0) is 9.53 Å². The summed E-state index contributed by atoms with van der Waals surface area (Å²) in [6.45, 7) is 36.7. The number of rotatable bonds is 15. The molecular formula is C29H69N5O2. The molecule has 0 aliphatic carbocycles. The molecule has 0 rings (SSSR count). The molecular weight excluding hydrogens is 450 g/mol. The van der Waals surface area contributed by atoms with Crippen molar-refractivity contribution in [2.75, 3.05) is 26.5 Å². The van der Waals surface area contributed by atoms with Crippen LogP contribution in [0.5, 0.6) is 0 Å². The van der Waals surface area contributed by atoms with Gasteiger partial charge in [-0.15, -0.1) is 0 Å². The summed E-state index contributed by atoms with van der Waals surface area (Å²) < 4.78 is 5.24. The number of nitrogens with one attached hydrogen (secondary N) is 5. The van der Waals surface area contributed by atoms with Crippen molar-refractivity contribution < 1.29 is 9.53 Å². The maximum absolute atomic E-state index is 11.0. The minimum atomic E-state index is 0.159. The Balaban J connectivity index is -0.000000190. The molecule has 0 aromatic rings. The molecule has 0 amide bonds. The van der Waals surface area contributed by atoms with Crippen molar-refractivity contribution in [1.29, 1.82) is 0 Å². The van der Waals surface area contributed by atoms with Crippen molar-refractivity contribution >= 4 is 5.78 Å². The van der Waals surface area contributed by atoms with E-state index in [0.717, 1.165) is 19.1 Å². The van der Waals surface area contributed by atoms with Gasteiger partial charge < -0.3 is 26.0 Å². The number of hydrogen-bond donors (Lipinski definition) is 5. The van der Waals surface area contributed by atoms with E-state index in [1.165, 1.54) is 0 Å². The standard InChI is InChI=1S/C8H17NO.C7H18N2.C7H17NO.C7H17N/c1-6(2)8(10)5-9-7(3)4;2*1-6(2)8-5-9-7(3)4;1-6(2)5-8-7(3)4/h6-7,9H,5H2,1-4H3;6-9H,5H2,1-4H3;6-8H,5H2,1-4H3;6-8H,5H2,1-4H3. The van der Waals surface area contributed by atoms with E-state index in [1.807, 2.05) is 41.5 Å². The van der Waals surface area contributed by atoms with Crippen molar-refractivity contribution in [2.45, 2.75) is 147 Å². The zero-order valence-corrected chi connectivity index (χ0v) is 27.3. The van der Waals surface area contributed by atoms with E-state index in [4.69, 9.17) is 4.74 Å². The molecule has 36 heavy (non-hydrogen) atoms. The highest BCUT2D eigenvalue weighted by atomic mass is 16.5. The van der Waals surface area contributed by atoms with Gasteiger partial charge >= 0.3 is 0 Å². The molecule has 0 aliphatic rings. The van der Waals surface area contributed by atoms with Gasteiger partial charge in [0.05, 0.1) is 19.4 Å². The van der Waals surface area contributed by atoms with Gasteiger partial charge in [-0.3, -0.25) is 10.1 Å². The Bertz CT molecular complexity index is 395. The maximum atomic E-state index is 11.0. The SMILES string of the molecule is CC(C)CNC(C)C.CC(C)NCC(=O)C(C)C.CC(C)NCNC(C)C.CC(C)NCOC(C)C. The normalized spacial score (nSPS) is 11.2. The maximum Gasteiger partial charge on any atom is 0.149 e. The van der Waals surface area contributed by atoms with Gasteiger partial charge in [-0.25, -0.2) is 0 Å². The third-order valence-electron chi connectivity index (χ3n) is 4.19. The lowest BCUT2D eigenvalue weighted by molar-refractivity contribution is -0.121. The molecule has 0 unspecified atom stereocenters. The predicted molar refractivity (Wildman–Crippen MR) is 162 cm³/mol. The number of carbonyl (C=O) groups excluding carboxylic acids is 1. The first-order chi connectivity index (χ1) is 16.4. The van der Waals surface area contributed by atoms with Crippen LogP contribution in [0.3, 0.4) is 0 Å². The second-order valence-electron chi connectivity index (χ2n) is 11.7. The van der Waals surface area contributed by atoms with Crippen molar-refractivity contribution in [1.82, 2.24) is 26.6 Å². The van der Waals surface area contributed by atoms with Crippen LogP contribution in [0, 0.1) is 11.8 Å². The molecule has 7 nitrogen and oxygen atoms in total. The molecule has 0 saturated heterocycles. The Morgan fingerprint density at radius 1 is 0.556 bits per heavy atom. The summed E-state index contributed by atoms with van der Waals surface area (Å²) in [6, 6.07) is 2.72. The summed E-state index contributed by atoms with van der Waals surface area (Å²) in [5, 5.41) is 16.1. The second-order valence-corrected chi connectivity index (χ2v) is 11.7. The average molecular weight is 520 g/mol. The molecule has 0 radical (unpaired) electrons. The second kappa shape index (κ2) is 29.0. The van der Waals surface area contributed by atoms with Crippen molar-refractivity contribution in [2.24, 2.45) is 11.8 Å². The quantitative estimate of drug-likeness (QED) is 0.191. The van der Waals surface area contributed by atoms with Crippen LogP contribution < -0.4 is 26.6 Å². The Morgan fingerprint density at radius 2 is 0.944 bits per heavy atom. The molecule has 0 bridgehead atoms. The summed E-state index contributed by atoms with van der Waals surface area (Å²) in [7, 11) is 0. The third kappa shape index (κ3) is 54.4. The summed E-state index contributed by atoms with van der Waals surface area (Å²) in [6.07, 6.45) is 0.330. The Labute approximate surface area is 227 Å². The van der Waals surface area contributed by atoms with Gasteiger partial charge in [-0.1, -0.05) is 55.4 Å². The fourth-order valence-electron chi connectivity index (χ4n) is 1.83. The molecule has 5 N–H and O–H groups in total. The van der Waals surface area contributed by atoms with E-state index >= 15 is 0 Å². The Kier molecular flexibility index (Phi) is 34.2. The number of hydrogen-bond acceptors (Lipinski definition) is 7. The zero-order chi connectivity index (χ0) is 29.3. The first-order valence-corrected chi connectivity index (χ1v) is 14.2. The van der Waals surface area contributed by atoms with E-state index in [-0.39, 0.29) is 11.7 Å². The van der Waals surface area contributed by atoms with Gasteiger partial charge in [0.15, 0.2) is 0 Å². The molecule has 0 atom stereocenters. The molecule has 0 spiro atoms. The number of ether oxygens (including phenoxy) is 1. The van der Waals surface area contributed by atoms with Crippen LogP contribution in [0.25, 0.3) is 0 Å². The van der Waals surface area contributed by atoms with E-state index in [1.54, 1.807) is 0 Å². The summed E-state index contributed by atoms with van der Waals surface area (Å²) >= 11 is 0. The lowest BCUT2D eigenvalue weighted by Gasteiger charge is -2.11. The van der Waals surface area contributed by atoms with Crippen molar-refractivity contribution in [3.8, 4) is 0 Å². The van der Waals surface area contributed by atoms with Crippen molar-refractivity contribution in [3.63, 3.8) is 0 Å². The van der Waals surface area contributed by atoms with E-state index in [9.17, 15) is 4.79 Å². The summed E-state index contributed by atoms with van der Waals surface area (Å²) in [5.74, 6) is 1.22. The fourth-order valence-corrected chi connectivity index (χ4v) is 1.83. The van der Waals surface area contributed by atoms with Crippen LogP contribution in [0.1, 0.15) is 111 Å². The molecule has 0 aromatic heterocycles. The van der Waals surface area contributed by atoms with E-state index < -0.39 is 0 Å². The lowest BCUT2D eigenvalue weighted by Crippen LogP contribution is -2.37. The third-order valence-corrected chi connectivity index (χ3v) is 4.19. The zero-order valence-electron chi connectivity index (χ0n) is 27.3. The predicted octanol–water partition coefficient (Wildman–Crippen LogP) is 5.16. The van der Waals surface area contributed by atoms with Crippen molar-refractivity contribution in [3.05, 3.63) is 0 Å².